The van der Waals surface area contributed by atoms with Gasteiger partial charge in [0.1, 0.15) is 0 Å². The third kappa shape index (κ3) is 5.95. The third-order valence-corrected chi connectivity index (χ3v) is 4.60. The van der Waals surface area contributed by atoms with Gasteiger partial charge in [-0.2, -0.15) is 0 Å². The smallest absolute Gasteiger partial charge is 0.232 e. The molecule has 0 aliphatic heterocycles. The Morgan fingerprint density at radius 3 is 2.42 bits per heavy atom. The minimum atomic E-state index is -3.28. The van der Waals surface area contributed by atoms with Gasteiger partial charge in [0, 0.05) is 4.47 Å². The van der Waals surface area contributed by atoms with Crippen molar-refractivity contribution in [3.05, 3.63) is 28.2 Å². The maximum absolute atomic E-state index is 12.1. The van der Waals surface area contributed by atoms with E-state index >= 15 is 0 Å². The molecule has 1 N–H and O–H groups in total. The van der Waals surface area contributed by atoms with Crippen molar-refractivity contribution < 1.29 is 8.42 Å². The van der Waals surface area contributed by atoms with Crippen molar-refractivity contribution in [3.8, 4) is 0 Å². The van der Waals surface area contributed by atoms with E-state index in [4.69, 9.17) is 0 Å². The van der Waals surface area contributed by atoms with E-state index in [9.17, 15) is 8.42 Å². The average molecular weight is 348 g/mol. The second kappa shape index (κ2) is 6.27. The fourth-order valence-electron chi connectivity index (χ4n) is 1.61. The molecule has 1 aromatic rings. The summed E-state index contributed by atoms with van der Waals surface area (Å²) in [7, 11) is -3.28. The predicted molar refractivity (Wildman–Crippen MR) is 85.0 cm³/mol. The zero-order chi connectivity index (χ0) is 14.7. The first-order valence-electron chi connectivity index (χ1n) is 6.42. The van der Waals surface area contributed by atoms with Crippen LogP contribution in [0.4, 0.5) is 5.69 Å². The maximum Gasteiger partial charge on any atom is 0.232 e. The lowest BCUT2D eigenvalue weighted by Gasteiger charge is -2.19. The van der Waals surface area contributed by atoms with Gasteiger partial charge in [-0.3, -0.25) is 4.72 Å². The Kier molecular flexibility index (Phi) is 5.44. The number of benzene rings is 1. The number of nitrogens with one attached hydrogen (secondary N) is 1. The summed E-state index contributed by atoms with van der Waals surface area (Å²) in [6.07, 6.45) is 1.43. The highest BCUT2D eigenvalue weighted by molar-refractivity contribution is 9.10. The Morgan fingerprint density at radius 2 is 1.89 bits per heavy atom. The maximum atomic E-state index is 12.1. The molecule has 0 spiro atoms. The highest BCUT2D eigenvalue weighted by Crippen LogP contribution is 2.24. The molecule has 0 radical (unpaired) electrons. The number of hydrogen-bond acceptors (Lipinski definition) is 2. The van der Waals surface area contributed by atoms with Gasteiger partial charge in [0.2, 0.25) is 10.0 Å². The first kappa shape index (κ1) is 16.5. The van der Waals surface area contributed by atoms with E-state index in [1.54, 1.807) is 6.07 Å². The largest absolute Gasteiger partial charge is 0.283 e. The summed E-state index contributed by atoms with van der Waals surface area (Å²) >= 11 is 3.40. The van der Waals surface area contributed by atoms with Crippen LogP contribution in [0.15, 0.2) is 22.7 Å². The van der Waals surface area contributed by atoms with Gasteiger partial charge in [-0.1, -0.05) is 43.6 Å². The minimum Gasteiger partial charge on any atom is -0.283 e. The molecule has 1 aromatic carbocycles. The lowest BCUT2D eigenvalue weighted by molar-refractivity contribution is 0.397. The molecule has 0 fully saturated rings. The van der Waals surface area contributed by atoms with E-state index in [1.807, 2.05) is 39.8 Å². The zero-order valence-corrected chi connectivity index (χ0v) is 14.4. The average Bonchev–Trinajstić information content (AvgIpc) is 2.28. The van der Waals surface area contributed by atoms with Crippen LogP contribution in [0, 0.1) is 5.41 Å². The number of sulfonamides is 1. The molecule has 0 aromatic heterocycles. The van der Waals surface area contributed by atoms with E-state index in [-0.39, 0.29) is 11.2 Å². The Labute approximate surface area is 125 Å². The van der Waals surface area contributed by atoms with Crippen LogP contribution in [0.1, 0.15) is 39.7 Å². The van der Waals surface area contributed by atoms with Crippen molar-refractivity contribution in [2.75, 3.05) is 10.5 Å². The summed E-state index contributed by atoms with van der Waals surface area (Å²) < 4.78 is 27.8. The van der Waals surface area contributed by atoms with Gasteiger partial charge in [0.25, 0.3) is 0 Å². The first-order chi connectivity index (χ1) is 8.63. The van der Waals surface area contributed by atoms with Crippen molar-refractivity contribution in [2.45, 2.75) is 40.5 Å². The van der Waals surface area contributed by atoms with Gasteiger partial charge in [0.15, 0.2) is 0 Å². The van der Waals surface area contributed by atoms with E-state index in [0.29, 0.717) is 12.1 Å². The third-order valence-electron chi connectivity index (χ3n) is 2.83. The normalized spacial score (nSPS) is 12.5. The van der Waals surface area contributed by atoms with Crippen molar-refractivity contribution in [1.82, 2.24) is 0 Å². The highest BCUT2D eigenvalue weighted by atomic mass is 79.9. The summed E-state index contributed by atoms with van der Waals surface area (Å²) in [6.45, 7) is 8.13. The van der Waals surface area contributed by atoms with Crippen LogP contribution in [-0.4, -0.2) is 14.2 Å². The fourth-order valence-corrected chi connectivity index (χ4v) is 3.54. The predicted octanol–water partition coefficient (Wildman–Crippen LogP) is 4.19. The molecule has 5 heteroatoms. The second-order valence-electron chi connectivity index (χ2n) is 5.89. The molecular weight excluding hydrogens is 326 g/mol. The van der Waals surface area contributed by atoms with E-state index < -0.39 is 10.0 Å². The van der Waals surface area contributed by atoms with Crippen LogP contribution >= 0.6 is 15.9 Å². The van der Waals surface area contributed by atoms with Gasteiger partial charge in [-0.25, -0.2) is 8.42 Å². The lowest BCUT2D eigenvalue weighted by Crippen LogP contribution is -2.21. The molecule has 0 aliphatic carbocycles. The Morgan fingerprint density at radius 1 is 1.26 bits per heavy atom. The molecule has 0 heterocycles. The molecule has 3 nitrogen and oxygen atoms in total. The molecule has 108 valence electrons. The van der Waals surface area contributed by atoms with E-state index in [1.165, 1.54) is 0 Å². The van der Waals surface area contributed by atoms with Crippen molar-refractivity contribution in [1.29, 1.82) is 0 Å². The van der Waals surface area contributed by atoms with Crippen LogP contribution < -0.4 is 4.72 Å². The van der Waals surface area contributed by atoms with Crippen LogP contribution in [0.3, 0.4) is 0 Å². The minimum absolute atomic E-state index is 0.0159. The van der Waals surface area contributed by atoms with E-state index in [2.05, 4.69) is 20.7 Å². The van der Waals surface area contributed by atoms with E-state index in [0.717, 1.165) is 16.5 Å². The van der Waals surface area contributed by atoms with Crippen molar-refractivity contribution in [3.63, 3.8) is 0 Å². The summed E-state index contributed by atoms with van der Waals surface area (Å²) in [5, 5.41) is 0. The van der Waals surface area contributed by atoms with Crippen LogP contribution in [-0.2, 0) is 16.4 Å². The van der Waals surface area contributed by atoms with Gasteiger partial charge >= 0.3 is 0 Å². The number of rotatable bonds is 5. The molecule has 0 saturated heterocycles. The second-order valence-corrected chi connectivity index (χ2v) is 8.64. The Balaban J connectivity index is 2.84. The van der Waals surface area contributed by atoms with Crippen molar-refractivity contribution in [2.24, 2.45) is 5.41 Å². The molecule has 1 rings (SSSR count). The molecule has 0 aliphatic rings. The number of anilines is 1. The monoisotopic (exact) mass is 347 g/mol. The first-order valence-corrected chi connectivity index (χ1v) is 8.86. The SMILES string of the molecule is CCc1cc(Br)ccc1NS(=O)(=O)CCC(C)(C)C. The van der Waals surface area contributed by atoms with Crippen LogP contribution in [0.25, 0.3) is 0 Å². The number of halogens is 1. The summed E-state index contributed by atoms with van der Waals surface area (Å²) in [4.78, 5) is 0. The standard InChI is InChI=1S/C14H22BrNO2S/c1-5-11-10-12(15)6-7-13(11)16-19(17,18)9-8-14(2,3)4/h6-7,10,16H,5,8-9H2,1-4H3. The molecule has 0 saturated carbocycles. The quantitative estimate of drug-likeness (QED) is 0.867. The van der Waals surface area contributed by atoms with Gasteiger partial charge < -0.3 is 0 Å². The van der Waals surface area contributed by atoms with Crippen LogP contribution in [0.5, 0.6) is 0 Å². The summed E-state index contributed by atoms with van der Waals surface area (Å²) in [5.41, 5.74) is 1.69. The summed E-state index contributed by atoms with van der Waals surface area (Å²) in [6, 6.07) is 5.60. The Bertz CT molecular complexity index is 533. The fraction of sp³-hybridized carbons (Fsp3) is 0.571. The number of hydrogen-bond donors (Lipinski definition) is 1. The molecule has 0 amide bonds. The van der Waals surface area contributed by atoms with Crippen molar-refractivity contribution >= 4 is 31.6 Å². The van der Waals surface area contributed by atoms with Gasteiger partial charge in [0.05, 0.1) is 11.4 Å². The highest BCUT2D eigenvalue weighted by Gasteiger charge is 2.18. The van der Waals surface area contributed by atoms with Gasteiger partial charge in [-0.15, -0.1) is 0 Å². The number of aryl methyl sites for hydroxylation is 1. The molecule has 0 unspecified atom stereocenters. The van der Waals surface area contributed by atoms with Gasteiger partial charge in [-0.05, 0) is 42.0 Å². The topological polar surface area (TPSA) is 46.2 Å². The molecule has 19 heavy (non-hydrogen) atoms. The molecule has 0 atom stereocenters. The molecular formula is C14H22BrNO2S. The summed E-state index contributed by atoms with van der Waals surface area (Å²) in [5.74, 6) is 0.149. The molecule has 0 bridgehead atoms. The zero-order valence-electron chi connectivity index (χ0n) is 12.0. The lowest BCUT2D eigenvalue weighted by atomic mass is 9.94. The van der Waals surface area contributed by atoms with Crippen LogP contribution in [0.2, 0.25) is 0 Å². The Hall–Kier alpha value is -0.550.